The van der Waals surface area contributed by atoms with E-state index in [1.165, 1.54) is 0 Å². The highest BCUT2D eigenvalue weighted by atomic mass is 127. The smallest absolute Gasteiger partial charge is 0.226 e. The van der Waals surface area contributed by atoms with E-state index in [4.69, 9.17) is 21.1 Å². The molecule has 0 aliphatic carbocycles. The second kappa shape index (κ2) is 13.2. The third-order valence-electron chi connectivity index (χ3n) is 4.32. The van der Waals surface area contributed by atoms with Gasteiger partial charge in [-0.05, 0) is 42.3 Å². The van der Waals surface area contributed by atoms with Gasteiger partial charge in [0, 0.05) is 37.3 Å². The largest absolute Gasteiger partial charge is 0.493 e. The fraction of sp³-hybridized carbons (Fsp3) is 0.333. The van der Waals surface area contributed by atoms with Crippen LogP contribution in [0.4, 0.5) is 5.69 Å². The standard InChI is InChI=1S/C21H27ClN4O3.HI/c1-14-16(22)6-5-7-17(14)26-20(27)10-11-24-21(23-2)25-13-15-8-9-18(28-3)19(12-15)29-4;/h5-9,12H,10-11,13H2,1-4H3,(H,26,27)(H2,23,24,25);1H. The molecule has 0 atom stereocenters. The summed E-state index contributed by atoms with van der Waals surface area (Å²) >= 11 is 6.08. The van der Waals surface area contributed by atoms with Crippen molar-refractivity contribution < 1.29 is 14.3 Å². The Labute approximate surface area is 199 Å². The maximum Gasteiger partial charge on any atom is 0.226 e. The molecule has 0 aromatic heterocycles. The quantitative estimate of drug-likeness (QED) is 0.265. The number of carbonyl (C=O) groups is 1. The van der Waals surface area contributed by atoms with Crippen LogP contribution in [0, 0.1) is 6.92 Å². The number of ether oxygens (including phenoxy) is 2. The molecule has 0 unspecified atom stereocenters. The molecule has 7 nitrogen and oxygen atoms in total. The van der Waals surface area contributed by atoms with Crippen LogP contribution in [0.25, 0.3) is 0 Å². The van der Waals surface area contributed by atoms with Gasteiger partial charge in [0.05, 0.1) is 14.2 Å². The van der Waals surface area contributed by atoms with E-state index < -0.39 is 0 Å². The van der Waals surface area contributed by atoms with E-state index >= 15 is 0 Å². The molecule has 0 radical (unpaired) electrons. The Kier molecular flexibility index (Phi) is 11.3. The van der Waals surface area contributed by atoms with E-state index in [0.29, 0.717) is 42.0 Å². The second-order valence-corrected chi connectivity index (χ2v) is 6.66. The van der Waals surface area contributed by atoms with Gasteiger partial charge in [-0.1, -0.05) is 23.7 Å². The number of nitrogens with one attached hydrogen (secondary N) is 3. The molecule has 2 aromatic rings. The molecule has 0 bridgehead atoms. The molecule has 0 fully saturated rings. The minimum Gasteiger partial charge on any atom is -0.493 e. The summed E-state index contributed by atoms with van der Waals surface area (Å²) in [6.45, 7) is 2.86. The summed E-state index contributed by atoms with van der Waals surface area (Å²) in [5, 5.41) is 9.84. The van der Waals surface area contributed by atoms with Crippen molar-refractivity contribution in [2.45, 2.75) is 19.9 Å². The summed E-state index contributed by atoms with van der Waals surface area (Å²) in [6, 6.07) is 11.1. The Bertz CT molecular complexity index is 877. The molecule has 0 saturated heterocycles. The normalized spacial score (nSPS) is 10.6. The number of hydrogen-bond donors (Lipinski definition) is 3. The lowest BCUT2D eigenvalue weighted by Gasteiger charge is -2.14. The lowest BCUT2D eigenvalue weighted by atomic mass is 10.2. The van der Waals surface area contributed by atoms with E-state index in [0.717, 1.165) is 16.8 Å². The molecular formula is C21H28ClIN4O3. The molecule has 3 N–H and O–H groups in total. The first-order valence-electron chi connectivity index (χ1n) is 9.18. The van der Waals surface area contributed by atoms with Crippen molar-refractivity contribution in [3.63, 3.8) is 0 Å². The van der Waals surface area contributed by atoms with Crippen molar-refractivity contribution in [2.24, 2.45) is 4.99 Å². The van der Waals surface area contributed by atoms with Crippen molar-refractivity contribution in [1.82, 2.24) is 10.6 Å². The summed E-state index contributed by atoms with van der Waals surface area (Å²) in [6.07, 6.45) is 0.295. The molecule has 2 rings (SSSR count). The van der Waals surface area contributed by atoms with Crippen LogP contribution in [-0.2, 0) is 11.3 Å². The molecule has 9 heteroatoms. The molecule has 164 valence electrons. The molecule has 0 aliphatic rings. The number of guanidine groups is 1. The van der Waals surface area contributed by atoms with E-state index in [1.807, 2.05) is 37.3 Å². The van der Waals surface area contributed by atoms with Gasteiger partial charge < -0.3 is 25.4 Å². The van der Waals surface area contributed by atoms with Crippen molar-refractivity contribution in [1.29, 1.82) is 0 Å². The lowest BCUT2D eigenvalue weighted by molar-refractivity contribution is -0.116. The molecule has 0 spiro atoms. The Morgan fingerprint density at radius 1 is 1.10 bits per heavy atom. The SMILES string of the molecule is CN=C(NCCC(=O)Nc1cccc(Cl)c1C)NCc1ccc(OC)c(OC)c1.I. The van der Waals surface area contributed by atoms with Gasteiger partial charge in [-0.25, -0.2) is 0 Å². The number of amides is 1. The van der Waals surface area contributed by atoms with Gasteiger partial charge in [-0.3, -0.25) is 9.79 Å². The Hall–Kier alpha value is -2.20. The molecule has 0 heterocycles. The van der Waals surface area contributed by atoms with Crippen LogP contribution < -0.4 is 25.4 Å². The lowest BCUT2D eigenvalue weighted by Crippen LogP contribution is -2.38. The summed E-state index contributed by atoms with van der Waals surface area (Å²) in [5.74, 6) is 1.85. The number of benzene rings is 2. The number of halogens is 2. The molecular weight excluding hydrogens is 519 g/mol. The van der Waals surface area contributed by atoms with Gasteiger partial charge in [0.1, 0.15) is 0 Å². The van der Waals surface area contributed by atoms with Gasteiger partial charge in [0.15, 0.2) is 17.5 Å². The van der Waals surface area contributed by atoms with Crippen LogP contribution in [0.2, 0.25) is 5.02 Å². The second-order valence-electron chi connectivity index (χ2n) is 6.25. The van der Waals surface area contributed by atoms with E-state index in [2.05, 4.69) is 20.9 Å². The summed E-state index contributed by atoms with van der Waals surface area (Å²) < 4.78 is 10.6. The van der Waals surface area contributed by atoms with Crippen molar-refractivity contribution in [3.05, 3.63) is 52.5 Å². The van der Waals surface area contributed by atoms with E-state index in [-0.39, 0.29) is 29.9 Å². The van der Waals surface area contributed by atoms with Gasteiger partial charge >= 0.3 is 0 Å². The van der Waals surface area contributed by atoms with Crippen LogP contribution in [0.1, 0.15) is 17.5 Å². The van der Waals surface area contributed by atoms with Gasteiger partial charge in [-0.2, -0.15) is 0 Å². The molecule has 1 amide bonds. The minimum absolute atomic E-state index is 0. The Balaban J connectivity index is 0.00000450. The average Bonchev–Trinajstić information content (AvgIpc) is 2.73. The first-order chi connectivity index (χ1) is 14.0. The number of methoxy groups -OCH3 is 2. The highest BCUT2D eigenvalue weighted by Crippen LogP contribution is 2.27. The molecule has 30 heavy (non-hydrogen) atoms. The zero-order valence-electron chi connectivity index (χ0n) is 17.5. The fourth-order valence-electron chi connectivity index (χ4n) is 2.65. The third kappa shape index (κ3) is 7.56. The van der Waals surface area contributed by atoms with Crippen LogP contribution >= 0.6 is 35.6 Å². The highest BCUT2D eigenvalue weighted by molar-refractivity contribution is 14.0. The number of hydrogen-bond acceptors (Lipinski definition) is 4. The van der Waals surface area contributed by atoms with Crippen molar-refractivity contribution >= 4 is 53.1 Å². The van der Waals surface area contributed by atoms with Crippen LogP contribution in [0.15, 0.2) is 41.4 Å². The summed E-state index contributed by atoms with van der Waals surface area (Å²) in [4.78, 5) is 16.4. The summed E-state index contributed by atoms with van der Waals surface area (Å²) in [7, 11) is 4.89. The predicted octanol–water partition coefficient (Wildman–Crippen LogP) is 3.98. The number of rotatable bonds is 8. The topological polar surface area (TPSA) is 84.0 Å². The predicted molar refractivity (Wildman–Crippen MR) is 133 cm³/mol. The maximum absolute atomic E-state index is 12.2. The average molecular weight is 547 g/mol. The molecule has 2 aromatic carbocycles. The van der Waals surface area contributed by atoms with Crippen LogP contribution in [0.3, 0.4) is 0 Å². The number of anilines is 1. The first kappa shape index (κ1) is 25.8. The fourth-order valence-corrected chi connectivity index (χ4v) is 2.82. The number of carbonyl (C=O) groups excluding carboxylic acids is 1. The number of aliphatic imine (C=N–C) groups is 1. The van der Waals surface area contributed by atoms with Gasteiger partial charge in [-0.15, -0.1) is 24.0 Å². The molecule has 0 saturated carbocycles. The molecule has 0 aliphatic heterocycles. The minimum atomic E-state index is -0.0989. The van der Waals surface area contributed by atoms with Crippen molar-refractivity contribution in [3.8, 4) is 11.5 Å². The maximum atomic E-state index is 12.2. The monoisotopic (exact) mass is 546 g/mol. The first-order valence-corrected chi connectivity index (χ1v) is 9.56. The van der Waals surface area contributed by atoms with Gasteiger partial charge in [0.2, 0.25) is 5.91 Å². The Morgan fingerprint density at radius 3 is 2.50 bits per heavy atom. The number of nitrogens with zero attached hydrogens (tertiary/aromatic N) is 1. The summed E-state index contributed by atoms with van der Waals surface area (Å²) in [5.41, 5.74) is 2.58. The van der Waals surface area contributed by atoms with E-state index in [9.17, 15) is 4.79 Å². The zero-order chi connectivity index (χ0) is 21.2. The highest BCUT2D eigenvalue weighted by Gasteiger charge is 2.08. The van der Waals surface area contributed by atoms with Crippen LogP contribution in [-0.4, -0.2) is 39.7 Å². The Morgan fingerprint density at radius 2 is 1.83 bits per heavy atom. The van der Waals surface area contributed by atoms with Crippen molar-refractivity contribution in [2.75, 3.05) is 33.1 Å². The third-order valence-corrected chi connectivity index (χ3v) is 4.73. The zero-order valence-corrected chi connectivity index (χ0v) is 20.6. The van der Waals surface area contributed by atoms with Crippen LogP contribution in [0.5, 0.6) is 11.5 Å². The van der Waals surface area contributed by atoms with E-state index in [1.54, 1.807) is 27.3 Å². The van der Waals surface area contributed by atoms with Gasteiger partial charge in [0.25, 0.3) is 0 Å².